The van der Waals surface area contributed by atoms with Gasteiger partial charge in [0.05, 0.1) is 11.1 Å². The van der Waals surface area contributed by atoms with Crippen molar-refractivity contribution in [1.82, 2.24) is 9.97 Å². The van der Waals surface area contributed by atoms with Crippen LogP contribution < -0.4 is 4.90 Å². The zero-order valence-electron chi connectivity index (χ0n) is 17.9. The molecule has 0 saturated carbocycles. The summed E-state index contributed by atoms with van der Waals surface area (Å²) in [4.78, 5) is 34.3. The predicted molar refractivity (Wildman–Crippen MR) is 125 cm³/mol. The van der Waals surface area contributed by atoms with Crippen LogP contribution in [0.2, 0.25) is 0 Å². The number of carboxylic acids is 1. The summed E-state index contributed by atoms with van der Waals surface area (Å²) in [5, 5.41) is 9.82. The Morgan fingerprint density at radius 3 is 2.27 bits per heavy atom. The van der Waals surface area contributed by atoms with Crippen LogP contribution in [0.1, 0.15) is 34.3 Å². The molecule has 1 aliphatic carbocycles. The standard InChI is InChI=1S/C26H21N3O4/c1-2-29(24-21-12-11-16(25(30)31)13-23(21)27-15-28-24)26(32)33-14-22-19-9-5-3-7-17(19)18-8-4-6-10-20(18)22/h3-13,15,22H,2,14H2,1H3,(H,30,31). The molecule has 0 unspecified atom stereocenters. The SMILES string of the molecule is CCN(C(=O)OCC1c2ccccc2-c2ccccc21)c1ncnc2cc(C(=O)O)ccc12. The van der Waals surface area contributed by atoms with Crippen molar-refractivity contribution in [1.29, 1.82) is 0 Å². The van der Waals surface area contributed by atoms with Crippen molar-refractivity contribution in [2.75, 3.05) is 18.1 Å². The number of aromatic nitrogens is 2. The molecule has 7 nitrogen and oxygen atoms in total. The molecule has 4 aromatic rings. The normalized spacial score (nSPS) is 12.3. The van der Waals surface area contributed by atoms with Gasteiger partial charge < -0.3 is 9.84 Å². The zero-order chi connectivity index (χ0) is 22.9. The number of aromatic carboxylic acids is 1. The highest BCUT2D eigenvalue weighted by molar-refractivity contribution is 6.00. The maximum Gasteiger partial charge on any atom is 0.415 e. The Morgan fingerprint density at radius 1 is 0.970 bits per heavy atom. The molecular formula is C26H21N3O4. The van der Waals surface area contributed by atoms with Gasteiger partial charge in [0, 0.05) is 17.8 Å². The van der Waals surface area contributed by atoms with E-state index in [0.29, 0.717) is 23.3 Å². The number of rotatable bonds is 5. The highest BCUT2D eigenvalue weighted by Crippen LogP contribution is 2.44. The Bertz CT molecular complexity index is 1340. The fourth-order valence-corrected chi connectivity index (χ4v) is 4.43. The fraction of sp³-hybridized carbons (Fsp3) is 0.154. The van der Waals surface area contributed by atoms with Crippen LogP contribution in [-0.2, 0) is 4.74 Å². The molecule has 3 aromatic carbocycles. The van der Waals surface area contributed by atoms with E-state index < -0.39 is 12.1 Å². The third-order valence-corrected chi connectivity index (χ3v) is 5.99. The molecule has 0 aliphatic heterocycles. The number of carboxylic acid groups (broad SMARTS) is 1. The number of amides is 1. The van der Waals surface area contributed by atoms with Gasteiger partial charge in [-0.2, -0.15) is 0 Å². The molecule has 0 atom stereocenters. The number of fused-ring (bicyclic) bond motifs is 4. The Labute approximate surface area is 190 Å². The number of anilines is 1. The number of nitrogens with zero attached hydrogens (tertiary/aromatic N) is 3. The average Bonchev–Trinajstić information content (AvgIpc) is 3.16. The first-order valence-corrected chi connectivity index (χ1v) is 10.7. The van der Waals surface area contributed by atoms with Gasteiger partial charge in [-0.3, -0.25) is 4.90 Å². The third kappa shape index (κ3) is 3.57. The van der Waals surface area contributed by atoms with Crippen LogP contribution in [0.25, 0.3) is 22.0 Å². The molecule has 0 fully saturated rings. The van der Waals surface area contributed by atoms with E-state index in [0.717, 1.165) is 22.3 Å². The Balaban J connectivity index is 1.42. The van der Waals surface area contributed by atoms with Crippen molar-refractivity contribution in [3.63, 3.8) is 0 Å². The topological polar surface area (TPSA) is 92.6 Å². The molecular weight excluding hydrogens is 418 g/mol. The molecule has 0 bridgehead atoms. The fourth-order valence-electron chi connectivity index (χ4n) is 4.43. The van der Waals surface area contributed by atoms with Crippen molar-refractivity contribution >= 4 is 28.8 Å². The van der Waals surface area contributed by atoms with Gasteiger partial charge >= 0.3 is 12.1 Å². The average molecular weight is 439 g/mol. The lowest BCUT2D eigenvalue weighted by Crippen LogP contribution is -2.33. The van der Waals surface area contributed by atoms with E-state index in [1.54, 1.807) is 6.07 Å². The Morgan fingerprint density at radius 2 is 1.64 bits per heavy atom. The van der Waals surface area contributed by atoms with Gasteiger partial charge in [0.25, 0.3) is 0 Å². The largest absolute Gasteiger partial charge is 0.478 e. The minimum Gasteiger partial charge on any atom is -0.478 e. The van der Waals surface area contributed by atoms with Gasteiger partial charge in [-0.05, 0) is 47.4 Å². The second kappa shape index (κ2) is 8.35. The molecule has 7 heteroatoms. The van der Waals surface area contributed by atoms with Gasteiger partial charge in [0.15, 0.2) is 0 Å². The van der Waals surface area contributed by atoms with Gasteiger partial charge in [0.1, 0.15) is 18.8 Å². The highest BCUT2D eigenvalue weighted by atomic mass is 16.6. The highest BCUT2D eigenvalue weighted by Gasteiger charge is 2.30. The smallest absolute Gasteiger partial charge is 0.415 e. The number of hydrogen-bond donors (Lipinski definition) is 1. The number of carbonyl (C=O) groups excluding carboxylic acids is 1. The monoisotopic (exact) mass is 439 g/mol. The van der Waals surface area contributed by atoms with E-state index in [-0.39, 0.29) is 18.1 Å². The van der Waals surface area contributed by atoms with Gasteiger partial charge in [-0.1, -0.05) is 48.5 Å². The molecule has 0 spiro atoms. The molecule has 0 radical (unpaired) electrons. The quantitative estimate of drug-likeness (QED) is 0.465. The van der Waals surface area contributed by atoms with Crippen LogP contribution in [0.15, 0.2) is 73.1 Å². The minimum absolute atomic E-state index is 0.0414. The summed E-state index contributed by atoms with van der Waals surface area (Å²) in [5.41, 5.74) is 5.18. The summed E-state index contributed by atoms with van der Waals surface area (Å²) in [5.74, 6) is -0.696. The molecule has 1 amide bonds. The van der Waals surface area contributed by atoms with Crippen LogP contribution in [0.3, 0.4) is 0 Å². The summed E-state index contributed by atoms with van der Waals surface area (Å²) in [6, 6.07) is 20.9. The van der Waals surface area contributed by atoms with E-state index in [1.165, 1.54) is 23.4 Å². The first-order valence-electron chi connectivity index (χ1n) is 10.7. The lowest BCUT2D eigenvalue weighted by Gasteiger charge is -2.22. The number of hydrogen-bond acceptors (Lipinski definition) is 5. The van der Waals surface area contributed by atoms with Crippen LogP contribution in [0.4, 0.5) is 10.6 Å². The molecule has 5 rings (SSSR count). The van der Waals surface area contributed by atoms with Gasteiger partial charge in [-0.25, -0.2) is 19.6 Å². The van der Waals surface area contributed by atoms with Crippen LogP contribution >= 0.6 is 0 Å². The van der Waals surface area contributed by atoms with Crippen molar-refractivity contribution in [3.8, 4) is 11.1 Å². The number of carbonyl (C=O) groups is 2. The summed E-state index contributed by atoms with van der Waals surface area (Å²) in [6.45, 7) is 2.37. The second-order valence-corrected chi connectivity index (χ2v) is 7.78. The van der Waals surface area contributed by atoms with E-state index in [2.05, 4.69) is 34.2 Å². The minimum atomic E-state index is -1.04. The summed E-state index contributed by atoms with van der Waals surface area (Å²) >= 11 is 0. The molecule has 1 aromatic heterocycles. The van der Waals surface area contributed by atoms with Crippen molar-refractivity contribution in [3.05, 3.63) is 89.7 Å². The second-order valence-electron chi connectivity index (χ2n) is 7.78. The van der Waals surface area contributed by atoms with E-state index in [9.17, 15) is 14.7 Å². The number of ether oxygens (including phenoxy) is 1. The van der Waals surface area contributed by atoms with Crippen molar-refractivity contribution in [2.24, 2.45) is 0 Å². The molecule has 0 saturated heterocycles. The Kier molecular flexibility index (Phi) is 5.22. The van der Waals surface area contributed by atoms with E-state index >= 15 is 0 Å². The molecule has 164 valence electrons. The molecule has 1 N–H and O–H groups in total. The Hall–Kier alpha value is -4.26. The van der Waals surface area contributed by atoms with Crippen LogP contribution in [-0.4, -0.2) is 40.3 Å². The lowest BCUT2D eigenvalue weighted by molar-refractivity contribution is 0.0697. The first kappa shape index (κ1) is 20.6. The van der Waals surface area contributed by atoms with Crippen LogP contribution in [0, 0.1) is 0 Å². The van der Waals surface area contributed by atoms with Gasteiger partial charge in [-0.15, -0.1) is 0 Å². The molecule has 33 heavy (non-hydrogen) atoms. The summed E-state index contributed by atoms with van der Waals surface area (Å²) in [7, 11) is 0. The van der Waals surface area contributed by atoms with E-state index in [4.69, 9.17) is 4.74 Å². The third-order valence-electron chi connectivity index (χ3n) is 5.99. The number of benzene rings is 3. The maximum absolute atomic E-state index is 13.1. The lowest BCUT2D eigenvalue weighted by atomic mass is 9.98. The predicted octanol–water partition coefficient (Wildman–Crippen LogP) is 5.10. The van der Waals surface area contributed by atoms with Crippen molar-refractivity contribution < 1.29 is 19.4 Å². The summed E-state index contributed by atoms with van der Waals surface area (Å²) < 4.78 is 5.79. The van der Waals surface area contributed by atoms with Crippen LogP contribution in [0.5, 0.6) is 0 Å². The molecule has 1 heterocycles. The van der Waals surface area contributed by atoms with Crippen molar-refractivity contribution in [2.45, 2.75) is 12.8 Å². The van der Waals surface area contributed by atoms with Gasteiger partial charge in [0.2, 0.25) is 0 Å². The zero-order valence-corrected chi connectivity index (χ0v) is 17.9. The summed E-state index contributed by atoms with van der Waals surface area (Å²) in [6.07, 6.45) is 0.810. The molecule has 1 aliphatic rings. The maximum atomic E-state index is 13.1. The van der Waals surface area contributed by atoms with E-state index in [1.807, 2.05) is 31.2 Å². The first-order chi connectivity index (χ1) is 16.1.